The Labute approximate surface area is 146 Å². The summed E-state index contributed by atoms with van der Waals surface area (Å²) in [5, 5.41) is 2.67. The summed E-state index contributed by atoms with van der Waals surface area (Å²) in [5.74, 6) is -0.518. The van der Waals surface area contributed by atoms with Gasteiger partial charge in [0.1, 0.15) is 17.7 Å². The fourth-order valence-electron chi connectivity index (χ4n) is 3.04. The summed E-state index contributed by atoms with van der Waals surface area (Å²) in [6, 6.07) is 6.53. The van der Waals surface area contributed by atoms with Crippen molar-refractivity contribution in [3.05, 3.63) is 35.4 Å². The molecule has 1 N–H and O–H groups in total. The van der Waals surface area contributed by atoms with Gasteiger partial charge in [-0.15, -0.1) is 0 Å². The van der Waals surface area contributed by atoms with Crippen molar-refractivity contribution in [1.82, 2.24) is 10.2 Å². The molecule has 0 aromatic heterocycles. The SMILES string of the molecule is CC(C)(C)OC(=O)NCc1cccc(C(=O)N2C[C@H]3C[C@@H]2C(=O)O3)c1. The summed E-state index contributed by atoms with van der Waals surface area (Å²) >= 11 is 0. The monoisotopic (exact) mass is 346 g/mol. The molecular formula is C18H22N2O5. The first kappa shape index (κ1) is 17.3. The molecule has 7 nitrogen and oxygen atoms in total. The first-order valence-electron chi connectivity index (χ1n) is 8.30. The molecule has 2 aliphatic heterocycles. The number of fused-ring (bicyclic) bond motifs is 2. The van der Waals surface area contributed by atoms with Crippen LogP contribution in [0, 0.1) is 0 Å². The normalized spacial score (nSPS) is 21.9. The number of benzene rings is 1. The van der Waals surface area contributed by atoms with Gasteiger partial charge in [-0.3, -0.25) is 4.79 Å². The first-order valence-corrected chi connectivity index (χ1v) is 8.30. The zero-order valence-electron chi connectivity index (χ0n) is 14.6. The number of carbonyl (C=O) groups is 3. The number of esters is 1. The number of morpholine rings is 1. The van der Waals surface area contributed by atoms with Crippen molar-refractivity contribution in [1.29, 1.82) is 0 Å². The van der Waals surface area contributed by atoms with Crippen molar-refractivity contribution in [2.24, 2.45) is 0 Å². The quantitative estimate of drug-likeness (QED) is 0.845. The van der Waals surface area contributed by atoms with Crippen molar-refractivity contribution in [2.45, 2.75) is 51.5 Å². The summed E-state index contributed by atoms with van der Waals surface area (Å²) in [6.45, 7) is 6.07. The highest BCUT2D eigenvalue weighted by atomic mass is 16.6. The predicted octanol–water partition coefficient (Wildman–Crippen LogP) is 1.85. The summed E-state index contributed by atoms with van der Waals surface area (Å²) in [6.07, 6.45) is -0.118. The molecule has 2 saturated heterocycles. The van der Waals surface area contributed by atoms with Crippen LogP contribution < -0.4 is 5.32 Å². The van der Waals surface area contributed by atoms with E-state index in [1.165, 1.54) is 0 Å². The maximum Gasteiger partial charge on any atom is 0.407 e. The molecule has 0 aliphatic carbocycles. The highest BCUT2D eigenvalue weighted by molar-refractivity contribution is 5.98. The lowest BCUT2D eigenvalue weighted by molar-refractivity contribution is -0.149. The number of hydrogen-bond acceptors (Lipinski definition) is 5. The Bertz CT molecular complexity index is 710. The zero-order valence-corrected chi connectivity index (χ0v) is 14.6. The molecule has 1 aromatic rings. The van der Waals surface area contributed by atoms with Gasteiger partial charge in [0, 0.05) is 18.5 Å². The average molecular weight is 346 g/mol. The molecule has 2 fully saturated rings. The highest BCUT2D eigenvalue weighted by Crippen LogP contribution is 2.30. The van der Waals surface area contributed by atoms with E-state index in [1.807, 2.05) is 6.07 Å². The predicted molar refractivity (Wildman–Crippen MR) is 88.8 cm³/mol. The van der Waals surface area contributed by atoms with E-state index in [0.717, 1.165) is 5.56 Å². The molecule has 7 heteroatoms. The van der Waals surface area contributed by atoms with Gasteiger partial charge in [0.15, 0.2) is 0 Å². The molecule has 0 spiro atoms. The second-order valence-electron chi connectivity index (χ2n) is 7.32. The summed E-state index contributed by atoms with van der Waals surface area (Å²) < 4.78 is 10.3. The number of carbonyl (C=O) groups excluding carboxylic acids is 3. The highest BCUT2D eigenvalue weighted by Gasteiger charge is 2.48. The average Bonchev–Trinajstić information content (AvgIpc) is 3.10. The lowest BCUT2D eigenvalue weighted by Gasteiger charge is -2.25. The van der Waals surface area contributed by atoms with Gasteiger partial charge in [-0.2, -0.15) is 0 Å². The molecular weight excluding hydrogens is 324 g/mol. The van der Waals surface area contributed by atoms with Gasteiger partial charge in [-0.05, 0) is 38.5 Å². The summed E-state index contributed by atoms with van der Waals surface area (Å²) in [4.78, 5) is 37.6. The third-order valence-corrected chi connectivity index (χ3v) is 4.09. The number of ether oxygens (including phenoxy) is 2. The molecule has 0 unspecified atom stereocenters. The van der Waals surface area contributed by atoms with E-state index in [1.54, 1.807) is 43.9 Å². The van der Waals surface area contributed by atoms with Gasteiger partial charge in [-0.25, -0.2) is 9.59 Å². The van der Waals surface area contributed by atoms with Gasteiger partial charge in [0.25, 0.3) is 5.91 Å². The standard InChI is InChI=1S/C18H22N2O5/c1-18(2,3)25-17(23)19-9-11-5-4-6-12(7-11)15(21)20-10-13-8-14(20)16(22)24-13/h4-7,13-14H,8-10H2,1-3H3,(H,19,23)/t13-,14-/m1/s1. The molecule has 2 atom stereocenters. The number of hydrogen-bond donors (Lipinski definition) is 1. The minimum Gasteiger partial charge on any atom is -0.459 e. The number of alkyl carbamates (subject to hydrolysis) is 1. The van der Waals surface area contributed by atoms with Crippen LogP contribution >= 0.6 is 0 Å². The Kier molecular flexibility index (Phi) is 4.41. The van der Waals surface area contributed by atoms with Crippen LogP contribution in [0.15, 0.2) is 24.3 Å². The molecule has 2 aliphatic rings. The van der Waals surface area contributed by atoms with E-state index in [2.05, 4.69) is 5.32 Å². The van der Waals surface area contributed by atoms with E-state index < -0.39 is 17.7 Å². The van der Waals surface area contributed by atoms with Crippen molar-refractivity contribution < 1.29 is 23.9 Å². The summed E-state index contributed by atoms with van der Waals surface area (Å²) in [7, 11) is 0. The van der Waals surface area contributed by atoms with E-state index in [4.69, 9.17) is 9.47 Å². The van der Waals surface area contributed by atoms with Gasteiger partial charge in [0.2, 0.25) is 0 Å². The molecule has 2 amide bonds. The number of nitrogens with zero attached hydrogens (tertiary/aromatic N) is 1. The fraction of sp³-hybridized carbons (Fsp3) is 0.500. The van der Waals surface area contributed by atoms with Crippen LogP contribution in [0.25, 0.3) is 0 Å². The zero-order chi connectivity index (χ0) is 18.2. The van der Waals surface area contributed by atoms with Gasteiger partial charge < -0.3 is 19.7 Å². The maximum atomic E-state index is 12.7. The fourth-order valence-corrected chi connectivity index (χ4v) is 3.04. The molecule has 0 radical (unpaired) electrons. The van der Waals surface area contributed by atoms with Crippen LogP contribution in [0.1, 0.15) is 43.1 Å². The third-order valence-electron chi connectivity index (χ3n) is 4.09. The topological polar surface area (TPSA) is 84.9 Å². The number of likely N-dealkylation sites (tertiary alicyclic amines) is 1. The number of nitrogens with one attached hydrogen (secondary N) is 1. The van der Waals surface area contributed by atoms with Crippen LogP contribution in [0.4, 0.5) is 4.79 Å². The molecule has 1 aromatic carbocycles. The van der Waals surface area contributed by atoms with Crippen LogP contribution in [0.5, 0.6) is 0 Å². The van der Waals surface area contributed by atoms with Gasteiger partial charge >= 0.3 is 12.1 Å². The van der Waals surface area contributed by atoms with E-state index in [9.17, 15) is 14.4 Å². The smallest absolute Gasteiger partial charge is 0.407 e. The Balaban J connectivity index is 1.63. The van der Waals surface area contributed by atoms with Crippen LogP contribution in [-0.2, 0) is 20.8 Å². The van der Waals surface area contributed by atoms with Crippen molar-refractivity contribution in [3.63, 3.8) is 0 Å². The van der Waals surface area contributed by atoms with E-state index in [-0.39, 0.29) is 24.5 Å². The Morgan fingerprint density at radius 1 is 1.36 bits per heavy atom. The van der Waals surface area contributed by atoms with Crippen LogP contribution in [0.2, 0.25) is 0 Å². The Hall–Kier alpha value is -2.57. The summed E-state index contributed by atoms with van der Waals surface area (Å²) in [5.41, 5.74) is 0.707. The first-order chi connectivity index (χ1) is 11.7. The van der Waals surface area contributed by atoms with Crippen molar-refractivity contribution >= 4 is 18.0 Å². The third kappa shape index (κ3) is 3.92. The number of amides is 2. The molecule has 2 bridgehead atoms. The minimum atomic E-state index is -0.564. The Morgan fingerprint density at radius 3 is 2.76 bits per heavy atom. The van der Waals surface area contributed by atoms with Crippen molar-refractivity contribution in [3.8, 4) is 0 Å². The van der Waals surface area contributed by atoms with Crippen molar-refractivity contribution in [2.75, 3.05) is 6.54 Å². The van der Waals surface area contributed by atoms with Crippen LogP contribution in [0.3, 0.4) is 0 Å². The largest absolute Gasteiger partial charge is 0.459 e. The molecule has 134 valence electrons. The molecule has 3 rings (SSSR count). The van der Waals surface area contributed by atoms with Gasteiger partial charge in [-0.1, -0.05) is 12.1 Å². The second kappa shape index (κ2) is 6.38. The second-order valence-corrected chi connectivity index (χ2v) is 7.32. The lowest BCUT2D eigenvalue weighted by atomic mass is 10.1. The van der Waals surface area contributed by atoms with Gasteiger partial charge in [0.05, 0.1) is 6.54 Å². The van der Waals surface area contributed by atoms with Crippen LogP contribution in [-0.4, -0.2) is 47.2 Å². The Morgan fingerprint density at radius 2 is 2.12 bits per heavy atom. The molecule has 0 saturated carbocycles. The lowest BCUT2D eigenvalue weighted by Crippen LogP contribution is -2.44. The maximum absolute atomic E-state index is 12.7. The minimum absolute atomic E-state index is 0.182. The van der Waals surface area contributed by atoms with E-state index >= 15 is 0 Å². The van der Waals surface area contributed by atoms with E-state index in [0.29, 0.717) is 18.5 Å². The molecule has 25 heavy (non-hydrogen) atoms. The number of rotatable bonds is 3. The molecule has 2 heterocycles.